The summed E-state index contributed by atoms with van der Waals surface area (Å²) >= 11 is 0. The van der Waals surface area contributed by atoms with Crippen molar-refractivity contribution in [2.45, 2.75) is 46.2 Å². The average molecular weight is 274 g/mol. The maximum absolute atomic E-state index is 3.20. The number of rotatable bonds is 5. The third-order valence-corrected chi connectivity index (χ3v) is 4.62. The molecule has 2 nitrogen and oxygen atoms in total. The molecule has 0 amide bonds. The lowest BCUT2D eigenvalue weighted by molar-refractivity contribution is 0.265. The standard InChI is InChI=1S/C18H30N2/c1-15(2)18-5-4-11-20(12-10-18)14-17-8-6-16(7-9-17)13-19-3/h6-9,15,18-19H,4-5,10-14H2,1-3H3. The number of benzene rings is 1. The lowest BCUT2D eigenvalue weighted by atomic mass is 9.89. The van der Waals surface area contributed by atoms with Gasteiger partial charge in [-0.15, -0.1) is 0 Å². The Hall–Kier alpha value is -0.860. The Balaban J connectivity index is 1.86. The van der Waals surface area contributed by atoms with E-state index in [1.165, 1.54) is 43.5 Å². The van der Waals surface area contributed by atoms with Crippen LogP contribution in [0.15, 0.2) is 24.3 Å². The summed E-state index contributed by atoms with van der Waals surface area (Å²) in [4.78, 5) is 2.63. The summed E-state index contributed by atoms with van der Waals surface area (Å²) in [5, 5.41) is 3.20. The van der Waals surface area contributed by atoms with Crippen LogP contribution in [0.3, 0.4) is 0 Å². The van der Waals surface area contributed by atoms with Crippen molar-refractivity contribution in [3.05, 3.63) is 35.4 Å². The molecule has 1 aromatic rings. The van der Waals surface area contributed by atoms with E-state index in [4.69, 9.17) is 0 Å². The van der Waals surface area contributed by atoms with E-state index in [1.54, 1.807) is 0 Å². The quantitative estimate of drug-likeness (QED) is 0.881. The van der Waals surface area contributed by atoms with Gasteiger partial charge < -0.3 is 5.32 Å². The number of likely N-dealkylation sites (tertiary alicyclic amines) is 1. The molecule has 0 aromatic heterocycles. The summed E-state index contributed by atoms with van der Waals surface area (Å²) in [7, 11) is 2.00. The van der Waals surface area contributed by atoms with E-state index in [9.17, 15) is 0 Å². The van der Waals surface area contributed by atoms with Crippen LogP contribution in [0.5, 0.6) is 0 Å². The fraction of sp³-hybridized carbons (Fsp3) is 0.667. The number of nitrogens with one attached hydrogen (secondary N) is 1. The Morgan fingerprint density at radius 2 is 1.80 bits per heavy atom. The minimum Gasteiger partial charge on any atom is -0.316 e. The van der Waals surface area contributed by atoms with E-state index in [1.807, 2.05) is 7.05 Å². The highest BCUT2D eigenvalue weighted by molar-refractivity contribution is 5.22. The van der Waals surface area contributed by atoms with Gasteiger partial charge in [-0.2, -0.15) is 0 Å². The zero-order valence-electron chi connectivity index (χ0n) is 13.4. The molecule has 1 fully saturated rings. The molecule has 2 heteroatoms. The van der Waals surface area contributed by atoms with Gasteiger partial charge in [-0.3, -0.25) is 4.90 Å². The normalized spacial score (nSPS) is 21.1. The molecule has 1 N–H and O–H groups in total. The molecule has 0 bridgehead atoms. The molecule has 1 atom stereocenters. The highest BCUT2D eigenvalue weighted by atomic mass is 15.1. The molecule has 112 valence electrons. The second kappa shape index (κ2) is 7.80. The van der Waals surface area contributed by atoms with Crippen molar-refractivity contribution < 1.29 is 0 Å². The first-order valence-electron chi connectivity index (χ1n) is 8.14. The van der Waals surface area contributed by atoms with Gasteiger partial charge in [-0.05, 0) is 62.4 Å². The predicted molar refractivity (Wildman–Crippen MR) is 86.7 cm³/mol. The number of hydrogen-bond donors (Lipinski definition) is 1. The molecule has 20 heavy (non-hydrogen) atoms. The molecule has 0 saturated carbocycles. The van der Waals surface area contributed by atoms with Crippen LogP contribution in [-0.2, 0) is 13.1 Å². The highest BCUT2D eigenvalue weighted by Gasteiger charge is 2.19. The Morgan fingerprint density at radius 3 is 2.45 bits per heavy atom. The van der Waals surface area contributed by atoms with Gasteiger partial charge >= 0.3 is 0 Å². The van der Waals surface area contributed by atoms with Crippen molar-refractivity contribution in [2.24, 2.45) is 11.8 Å². The summed E-state index contributed by atoms with van der Waals surface area (Å²) in [5.41, 5.74) is 2.82. The van der Waals surface area contributed by atoms with Crippen LogP contribution in [0.25, 0.3) is 0 Å². The largest absolute Gasteiger partial charge is 0.316 e. The van der Waals surface area contributed by atoms with Crippen LogP contribution in [0, 0.1) is 11.8 Å². The predicted octanol–water partition coefficient (Wildman–Crippen LogP) is 3.66. The minimum absolute atomic E-state index is 0.843. The summed E-state index contributed by atoms with van der Waals surface area (Å²) < 4.78 is 0. The van der Waals surface area contributed by atoms with E-state index >= 15 is 0 Å². The molecule has 0 radical (unpaired) electrons. The van der Waals surface area contributed by atoms with Crippen LogP contribution in [0.2, 0.25) is 0 Å². The minimum atomic E-state index is 0.843. The second-order valence-electron chi connectivity index (χ2n) is 6.56. The lowest BCUT2D eigenvalue weighted by Crippen LogP contribution is -2.24. The van der Waals surface area contributed by atoms with Crippen LogP contribution in [-0.4, -0.2) is 25.0 Å². The van der Waals surface area contributed by atoms with E-state index < -0.39 is 0 Å². The monoisotopic (exact) mass is 274 g/mol. The third-order valence-electron chi connectivity index (χ3n) is 4.62. The molecule has 0 aliphatic carbocycles. The molecule has 1 unspecified atom stereocenters. The van der Waals surface area contributed by atoms with Gasteiger partial charge in [0.25, 0.3) is 0 Å². The van der Waals surface area contributed by atoms with Gasteiger partial charge in [0.1, 0.15) is 0 Å². The molecule has 1 aliphatic rings. The van der Waals surface area contributed by atoms with E-state index in [2.05, 4.69) is 48.3 Å². The van der Waals surface area contributed by atoms with Gasteiger partial charge in [0.15, 0.2) is 0 Å². The third kappa shape index (κ3) is 4.60. The molecular weight excluding hydrogens is 244 g/mol. The fourth-order valence-electron chi connectivity index (χ4n) is 3.23. The van der Waals surface area contributed by atoms with Gasteiger partial charge in [-0.1, -0.05) is 38.1 Å². The Bertz CT molecular complexity index is 383. The first-order chi connectivity index (χ1) is 9.69. The topological polar surface area (TPSA) is 15.3 Å². The molecular formula is C18H30N2. The zero-order chi connectivity index (χ0) is 14.4. The Kier molecular flexibility index (Phi) is 6.06. The van der Waals surface area contributed by atoms with Crippen molar-refractivity contribution in [1.29, 1.82) is 0 Å². The van der Waals surface area contributed by atoms with Crippen LogP contribution >= 0.6 is 0 Å². The number of nitrogens with zero attached hydrogens (tertiary/aromatic N) is 1. The van der Waals surface area contributed by atoms with Gasteiger partial charge in [0.2, 0.25) is 0 Å². The maximum Gasteiger partial charge on any atom is 0.0233 e. The van der Waals surface area contributed by atoms with E-state index in [0.717, 1.165) is 24.9 Å². The van der Waals surface area contributed by atoms with Crippen molar-refractivity contribution >= 4 is 0 Å². The van der Waals surface area contributed by atoms with Crippen LogP contribution < -0.4 is 5.32 Å². The Morgan fingerprint density at radius 1 is 1.10 bits per heavy atom. The molecule has 1 heterocycles. The first kappa shape index (κ1) is 15.5. The van der Waals surface area contributed by atoms with Gasteiger partial charge in [-0.25, -0.2) is 0 Å². The molecule has 2 rings (SSSR count). The van der Waals surface area contributed by atoms with Crippen LogP contribution in [0.1, 0.15) is 44.2 Å². The SMILES string of the molecule is CNCc1ccc(CN2CCCC(C(C)C)CC2)cc1. The van der Waals surface area contributed by atoms with Crippen molar-refractivity contribution in [3.63, 3.8) is 0 Å². The molecule has 1 aliphatic heterocycles. The average Bonchev–Trinajstić information content (AvgIpc) is 2.67. The highest BCUT2D eigenvalue weighted by Crippen LogP contribution is 2.25. The van der Waals surface area contributed by atoms with E-state index in [-0.39, 0.29) is 0 Å². The van der Waals surface area contributed by atoms with Gasteiger partial charge in [0.05, 0.1) is 0 Å². The molecule has 1 saturated heterocycles. The summed E-state index contributed by atoms with van der Waals surface area (Å²) in [6.07, 6.45) is 4.14. The Labute approximate surface area is 124 Å². The fourth-order valence-corrected chi connectivity index (χ4v) is 3.23. The molecule has 0 spiro atoms. The number of hydrogen-bond acceptors (Lipinski definition) is 2. The first-order valence-corrected chi connectivity index (χ1v) is 8.14. The van der Waals surface area contributed by atoms with Gasteiger partial charge in [0, 0.05) is 13.1 Å². The maximum atomic E-state index is 3.20. The zero-order valence-corrected chi connectivity index (χ0v) is 13.4. The smallest absolute Gasteiger partial charge is 0.0233 e. The van der Waals surface area contributed by atoms with E-state index in [0.29, 0.717) is 0 Å². The van der Waals surface area contributed by atoms with Crippen molar-refractivity contribution in [3.8, 4) is 0 Å². The summed E-state index contributed by atoms with van der Waals surface area (Å²) in [6.45, 7) is 9.36. The second-order valence-corrected chi connectivity index (χ2v) is 6.56. The molecule has 1 aromatic carbocycles. The summed E-state index contributed by atoms with van der Waals surface area (Å²) in [5.74, 6) is 1.77. The van der Waals surface area contributed by atoms with Crippen molar-refractivity contribution in [1.82, 2.24) is 10.2 Å². The summed E-state index contributed by atoms with van der Waals surface area (Å²) in [6, 6.07) is 9.08. The van der Waals surface area contributed by atoms with Crippen molar-refractivity contribution in [2.75, 3.05) is 20.1 Å². The van der Waals surface area contributed by atoms with Crippen LogP contribution in [0.4, 0.5) is 0 Å². The lowest BCUT2D eigenvalue weighted by Gasteiger charge is -2.21.